The lowest BCUT2D eigenvalue weighted by atomic mass is 10.1. The van der Waals surface area contributed by atoms with Crippen molar-refractivity contribution >= 4 is 17.4 Å². The maximum absolute atomic E-state index is 13.5. The molecular formula is C16H14F2N2O2. The number of Topliss-reactive ketones (excluding diaryl/α,β-unsaturated/α-hetero) is 1. The molecule has 0 radical (unpaired) electrons. The van der Waals surface area contributed by atoms with E-state index >= 15 is 0 Å². The molecule has 2 aromatic carbocycles. The summed E-state index contributed by atoms with van der Waals surface area (Å²) in [7, 11) is 0. The van der Waals surface area contributed by atoms with Gasteiger partial charge in [-0.2, -0.15) is 0 Å². The van der Waals surface area contributed by atoms with Gasteiger partial charge in [-0.15, -0.1) is 0 Å². The highest BCUT2D eigenvalue weighted by atomic mass is 19.1. The Labute approximate surface area is 125 Å². The first-order valence-electron chi connectivity index (χ1n) is 6.51. The third-order valence-corrected chi connectivity index (χ3v) is 3.18. The molecule has 0 atom stereocenters. The van der Waals surface area contributed by atoms with Gasteiger partial charge in [0.1, 0.15) is 11.6 Å². The molecule has 2 rings (SSSR count). The molecule has 0 aliphatic carbocycles. The third-order valence-electron chi connectivity index (χ3n) is 3.18. The molecule has 0 saturated carbocycles. The van der Waals surface area contributed by atoms with Gasteiger partial charge in [-0.1, -0.05) is 6.07 Å². The van der Waals surface area contributed by atoms with Crippen LogP contribution in [0, 0.1) is 11.6 Å². The van der Waals surface area contributed by atoms with Crippen molar-refractivity contribution in [1.82, 2.24) is 5.32 Å². The predicted molar refractivity (Wildman–Crippen MR) is 78.4 cm³/mol. The summed E-state index contributed by atoms with van der Waals surface area (Å²) in [6.07, 6.45) is 0. The summed E-state index contributed by atoms with van der Waals surface area (Å²) in [4.78, 5) is 23.2. The molecule has 0 bridgehead atoms. The standard InChI is InChI=1S/C16H14F2N2O2/c1-9(21)11-6-5-10(7-15(11)19)16(22)20-8-12-13(17)3-2-4-14(12)18/h2-7H,8,19H2,1H3,(H,20,22). The van der Waals surface area contributed by atoms with Crippen LogP contribution in [0.15, 0.2) is 36.4 Å². The summed E-state index contributed by atoms with van der Waals surface area (Å²) in [5, 5.41) is 2.41. The number of amides is 1. The Morgan fingerprint density at radius 1 is 1.14 bits per heavy atom. The minimum atomic E-state index is -0.730. The summed E-state index contributed by atoms with van der Waals surface area (Å²) in [5.74, 6) is -2.21. The molecule has 0 heterocycles. The maximum Gasteiger partial charge on any atom is 0.251 e. The largest absolute Gasteiger partial charge is 0.398 e. The molecule has 114 valence electrons. The van der Waals surface area contributed by atoms with Gasteiger partial charge in [-0.05, 0) is 37.3 Å². The van der Waals surface area contributed by atoms with Crippen molar-refractivity contribution in [2.45, 2.75) is 13.5 Å². The average molecular weight is 304 g/mol. The van der Waals surface area contributed by atoms with Crippen LogP contribution >= 0.6 is 0 Å². The van der Waals surface area contributed by atoms with Crippen LogP contribution in [-0.4, -0.2) is 11.7 Å². The lowest BCUT2D eigenvalue weighted by Gasteiger charge is -2.09. The maximum atomic E-state index is 13.5. The molecule has 4 nitrogen and oxygen atoms in total. The SMILES string of the molecule is CC(=O)c1ccc(C(=O)NCc2c(F)cccc2F)cc1N. The zero-order chi connectivity index (χ0) is 16.3. The second-order valence-electron chi connectivity index (χ2n) is 4.74. The number of anilines is 1. The van der Waals surface area contributed by atoms with Crippen molar-refractivity contribution in [3.8, 4) is 0 Å². The number of nitrogens with one attached hydrogen (secondary N) is 1. The van der Waals surface area contributed by atoms with Gasteiger partial charge in [0, 0.05) is 28.9 Å². The van der Waals surface area contributed by atoms with Gasteiger partial charge in [-0.25, -0.2) is 8.78 Å². The quantitative estimate of drug-likeness (QED) is 0.674. The normalized spacial score (nSPS) is 10.3. The highest BCUT2D eigenvalue weighted by Gasteiger charge is 2.13. The van der Waals surface area contributed by atoms with E-state index in [-0.39, 0.29) is 29.1 Å². The summed E-state index contributed by atoms with van der Waals surface area (Å²) in [5.41, 5.74) is 6.18. The number of hydrogen-bond acceptors (Lipinski definition) is 3. The molecule has 0 aromatic heterocycles. The fourth-order valence-electron chi connectivity index (χ4n) is 2.00. The highest BCUT2D eigenvalue weighted by molar-refractivity contribution is 6.02. The zero-order valence-electron chi connectivity index (χ0n) is 11.8. The molecule has 2 aromatic rings. The van der Waals surface area contributed by atoms with Crippen LogP contribution in [-0.2, 0) is 6.54 Å². The fraction of sp³-hybridized carbons (Fsp3) is 0.125. The smallest absolute Gasteiger partial charge is 0.251 e. The molecular weight excluding hydrogens is 290 g/mol. The molecule has 22 heavy (non-hydrogen) atoms. The van der Waals surface area contributed by atoms with E-state index in [1.165, 1.54) is 31.2 Å². The van der Waals surface area contributed by atoms with Gasteiger partial charge in [0.05, 0.1) is 0 Å². The lowest BCUT2D eigenvalue weighted by Crippen LogP contribution is -2.24. The number of nitrogens with two attached hydrogens (primary N) is 1. The van der Waals surface area contributed by atoms with Crippen molar-refractivity contribution in [1.29, 1.82) is 0 Å². The molecule has 0 saturated heterocycles. The summed E-state index contributed by atoms with van der Waals surface area (Å²) >= 11 is 0. The summed E-state index contributed by atoms with van der Waals surface area (Å²) in [6.45, 7) is 1.08. The van der Waals surface area contributed by atoms with E-state index in [2.05, 4.69) is 5.32 Å². The van der Waals surface area contributed by atoms with Crippen LogP contribution < -0.4 is 11.1 Å². The predicted octanol–water partition coefficient (Wildman–Crippen LogP) is 2.68. The number of hydrogen-bond donors (Lipinski definition) is 2. The Morgan fingerprint density at radius 3 is 2.32 bits per heavy atom. The monoisotopic (exact) mass is 304 g/mol. The van der Waals surface area contributed by atoms with Crippen LogP contribution in [0.1, 0.15) is 33.2 Å². The summed E-state index contributed by atoms with van der Waals surface area (Å²) < 4.78 is 26.9. The molecule has 0 aliphatic rings. The molecule has 1 amide bonds. The highest BCUT2D eigenvalue weighted by Crippen LogP contribution is 2.16. The van der Waals surface area contributed by atoms with Gasteiger partial charge >= 0.3 is 0 Å². The van der Waals surface area contributed by atoms with Gasteiger partial charge < -0.3 is 11.1 Å². The minimum Gasteiger partial charge on any atom is -0.398 e. The number of nitrogen functional groups attached to an aromatic ring is 1. The van der Waals surface area contributed by atoms with Crippen molar-refractivity contribution in [3.05, 3.63) is 64.7 Å². The number of ketones is 1. The number of rotatable bonds is 4. The Kier molecular flexibility index (Phi) is 4.50. The van der Waals surface area contributed by atoms with E-state index in [0.29, 0.717) is 5.56 Å². The Morgan fingerprint density at radius 2 is 1.77 bits per heavy atom. The first-order valence-corrected chi connectivity index (χ1v) is 6.51. The molecule has 0 fully saturated rings. The molecule has 0 aliphatic heterocycles. The van der Waals surface area contributed by atoms with E-state index in [9.17, 15) is 18.4 Å². The Hall–Kier alpha value is -2.76. The third kappa shape index (κ3) is 3.28. The number of carbonyl (C=O) groups is 2. The number of carbonyl (C=O) groups excluding carboxylic acids is 2. The van der Waals surface area contributed by atoms with Crippen LogP contribution in [0.25, 0.3) is 0 Å². The van der Waals surface area contributed by atoms with E-state index in [0.717, 1.165) is 12.1 Å². The van der Waals surface area contributed by atoms with E-state index in [1.807, 2.05) is 0 Å². The molecule has 6 heteroatoms. The van der Waals surface area contributed by atoms with Crippen molar-refractivity contribution in [2.75, 3.05) is 5.73 Å². The first kappa shape index (κ1) is 15.6. The Bertz CT molecular complexity index is 725. The lowest BCUT2D eigenvalue weighted by molar-refractivity contribution is 0.0948. The van der Waals surface area contributed by atoms with Crippen LogP contribution in [0.2, 0.25) is 0 Å². The van der Waals surface area contributed by atoms with Crippen LogP contribution in [0.5, 0.6) is 0 Å². The van der Waals surface area contributed by atoms with E-state index in [4.69, 9.17) is 5.73 Å². The van der Waals surface area contributed by atoms with Gasteiger partial charge in [0.25, 0.3) is 5.91 Å². The second kappa shape index (κ2) is 6.34. The molecule has 0 spiro atoms. The Balaban J connectivity index is 2.13. The number of halogens is 2. The van der Waals surface area contributed by atoms with Gasteiger partial charge in [0.15, 0.2) is 5.78 Å². The van der Waals surface area contributed by atoms with E-state index in [1.54, 1.807) is 0 Å². The minimum absolute atomic E-state index is 0.178. The second-order valence-corrected chi connectivity index (χ2v) is 4.74. The fourth-order valence-corrected chi connectivity index (χ4v) is 2.00. The van der Waals surface area contributed by atoms with Crippen molar-refractivity contribution < 1.29 is 18.4 Å². The van der Waals surface area contributed by atoms with Gasteiger partial charge in [-0.3, -0.25) is 9.59 Å². The summed E-state index contributed by atoms with van der Waals surface area (Å²) in [6, 6.07) is 7.70. The molecule has 3 N–H and O–H groups in total. The van der Waals surface area contributed by atoms with Gasteiger partial charge in [0.2, 0.25) is 0 Å². The van der Waals surface area contributed by atoms with Crippen molar-refractivity contribution in [2.24, 2.45) is 0 Å². The molecule has 0 unspecified atom stereocenters. The van der Waals surface area contributed by atoms with E-state index < -0.39 is 17.5 Å². The average Bonchev–Trinajstić information content (AvgIpc) is 2.46. The van der Waals surface area contributed by atoms with Crippen LogP contribution in [0.3, 0.4) is 0 Å². The first-order chi connectivity index (χ1) is 10.4. The topological polar surface area (TPSA) is 72.2 Å². The number of benzene rings is 2. The van der Waals surface area contributed by atoms with Crippen LogP contribution in [0.4, 0.5) is 14.5 Å². The van der Waals surface area contributed by atoms with Crippen molar-refractivity contribution in [3.63, 3.8) is 0 Å². The zero-order valence-corrected chi connectivity index (χ0v) is 11.8.